The molecule has 152 valence electrons. The molecule has 1 aromatic rings. The van der Waals surface area contributed by atoms with Gasteiger partial charge in [-0.2, -0.15) is 0 Å². The van der Waals surface area contributed by atoms with Gasteiger partial charge < -0.3 is 19.9 Å². The second-order valence-corrected chi connectivity index (χ2v) is 7.17. The molecule has 2 aliphatic rings. The number of hydrogen-bond acceptors (Lipinski definition) is 5. The van der Waals surface area contributed by atoms with Crippen LogP contribution >= 0.6 is 0 Å². The van der Waals surface area contributed by atoms with Crippen molar-refractivity contribution in [3.63, 3.8) is 0 Å². The number of benzene rings is 1. The van der Waals surface area contributed by atoms with E-state index in [2.05, 4.69) is 5.32 Å². The molecule has 2 fully saturated rings. The van der Waals surface area contributed by atoms with Crippen LogP contribution in [0.2, 0.25) is 0 Å². The van der Waals surface area contributed by atoms with Gasteiger partial charge in [-0.1, -0.05) is 18.2 Å². The molecule has 3 rings (SSSR count). The second-order valence-electron chi connectivity index (χ2n) is 7.17. The van der Waals surface area contributed by atoms with E-state index in [1.165, 1.54) is 0 Å². The van der Waals surface area contributed by atoms with Gasteiger partial charge in [0.1, 0.15) is 5.75 Å². The minimum absolute atomic E-state index is 0.0418. The molecule has 2 aliphatic heterocycles. The minimum Gasteiger partial charge on any atom is -0.496 e. The van der Waals surface area contributed by atoms with Crippen molar-refractivity contribution in [3.8, 4) is 5.75 Å². The Kier molecular flexibility index (Phi) is 6.86. The molecule has 0 saturated carbocycles. The van der Waals surface area contributed by atoms with Crippen molar-refractivity contribution in [2.45, 2.75) is 25.4 Å². The molecule has 0 aromatic heterocycles. The number of methoxy groups -OCH3 is 1. The molecule has 8 nitrogen and oxygen atoms in total. The highest BCUT2D eigenvalue weighted by molar-refractivity contribution is 5.88. The number of ether oxygens (including phenoxy) is 1. The van der Waals surface area contributed by atoms with Gasteiger partial charge in [0.15, 0.2) is 0 Å². The number of piperazine rings is 1. The maximum atomic E-state index is 12.9. The van der Waals surface area contributed by atoms with Gasteiger partial charge in [0.05, 0.1) is 19.6 Å². The lowest BCUT2D eigenvalue weighted by Crippen LogP contribution is -2.56. The first-order valence-corrected chi connectivity index (χ1v) is 9.73. The van der Waals surface area contributed by atoms with Crippen LogP contribution in [0.1, 0.15) is 18.4 Å². The second kappa shape index (κ2) is 9.54. The van der Waals surface area contributed by atoms with Gasteiger partial charge in [0.2, 0.25) is 18.2 Å². The molecule has 0 bridgehead atoms. The van der Waals surface area contributed by atoms with Crippen LogP contribution in [0.15, 0.2) is 24.3 Å². The Morgan fingerprint density at radius 2 is 2.04 bits per heavy atom. The fourth-order valence-corrected chi connectivity index (χ4v) is 3.81. The number of carbonyl (C=O) groups is 3. The lowest BCUT2D eigenvalue weighted by molar-refractivity contribution is -0.139. The average molecular weight is 388 g/mol. The monoisotopic (exact) mass is 388 g/mol. The van der Waals surface area contributed by atoms with Gasteiger partial charge in [-0.3, -0.25) is 19.3 Å². The maximum absolute atomic E-state index is 12.9. The van der Waals surface area contributed by atoms with Crippen LogP contribution in [-0.2, 0) is 20.9 Å². The summed E-state index contributed by atoms with van der Waals surface area (Å²) in [5.41, 5.74) is 0.994. The summed E-state index contributed by atoms with van der Waals surface area (Å²) in [6.45, 7) is 4.13. The van der Waals surface area contributed by atoms with E-state index in [4.69, 9.17) is 4.74 Å². The normalized spacial score (nSPS) is 21.0. The number of carbonyl (C=O) groups excluding carboxylic acids is 3. The first-order valence-electron chi connectivity index (χ1n) is 9.73. The number of amides is 3. The van der Waals surface area contributed by atoms with Crippen LogP contribution in [0.25, 0.3) is 0 Å². The standard InChI is InChI=1S/C20H28N4O4/c1-28-18-6-3-2-5-16(18)14-24-10-7-21-20(27)17(24)13-19(26)23-9-4-8-22(15-25)11-12-23/h2-3,5-6,15,17H,4,7-14H2,1H3,(H,21,27). The Morgan fingerprint density at radius 1 is 1.21 bits per heavy atom. The van der Waals surface area contributed by atoms with Crippen molar-refractivity contribution < 1.29 is 19.1 Å². The van der Waals surface area contributed by atoms with E-state index in [-0.39, 0.29) is 18.2 Å². The zero-order chi connectivity index (χ0) is 19.9. The molecule has 1 atom stereocenters. The zero-order valence-corrected chi connectivity index (χ0v) is 16.3. The molecule has 0 spiro atoms. The van der Waals surface area contributed by atoms with Gasteiger partial charge in [0, 0.05) is 51.4 Å². The van der Waals surface area contributed by atoms with Crippen molar-refractivity contribution in [3.05, 3.63) is 29.8 Å². The quantitative estimate of drug-likeness (QED) is 0.698. The molecule has 0 aliphatic carbocycles. The molecule has 1 unspecified atom stereocenters. The Morgan fingerprint density at radius 3 is 2.82 bits per heavy atom. The molecule has 1 N–H and O–H groups in total. The largest absolute Gasteiger partial charge is 0.496 e. The number of para-hydroxylation sites is 1. The minimum atomic E-state index is -0.503. The van der Waals surface area contributed by atoms with E-state index in [1.807, 2.05) is 29.2 Å². The van der Waals surface area contributed by atoms with Crippen molar-refractivity contribution in [2.24, 2.45) is 0 Å². The highest BCUT2D eigenvalue weighted by atomic mass is 16.5. The Hall–Kier alpha value is -2.61. The molecule has 2 saturated heterocycles. The first-order chi connectivity index (χ1) is 13.6. The van der Waals surface area contributed by atoms with Crippen LogP contribution in [-0.4, -0.2) is 85.3 Å². The summed E-state index contributed by atoms with van der Waals surface area (Å²) in [4.78, 5) is 41.9. The van der Waals surface area contributed by atoms with Crippen molar-refractivity contribution >= 4 is 18.2 Å². The summed E-state index contributed by atoms with van der Waals surface area (Å²) in [5, 5.41) is 2.88. The lowest BCUT2D eigenvalue weighted by Gasteiger charge is -2.36. The fraction of sp³-hybridized carbons (Fsp3) is 0.550. The highest BCUT2D eigenvalue weighted by Gasteiger charge is 2.33. The molecule has 0 radical (unpaired) electrons. The summed E-state index contributed by atoms with van der Waals surface area (Å²) in [6, 6.07) is 7.23. The van der Waals surface area contributed by atoms with E-state index in [0.717, 1.165) is 24.1 Å². The zero-order valence-electron chi connectivity index (χ0n) is 16.3. The topological polar surface area (TPSA) is 82.2 Å². The van der Waals surface area contributed by atoms with Crippen LogP contribution in [0.3, 0.4) is 0 Å². The summed E-state index contributed by atoms with van der Waals surface area (Å²) >= 11 is 0. The third-order valence-electron chi connectivity index (χ3n) is 5.41. The van der Waals surface area contributed by atoms with Gasteiger partial charge in [-0.05, 0) is 12.5 Å². The van der Waals surface area contributed by atoms with Crippen LogP contribution < -0.4 is 10.1 Å². The Balaban J connectivity index is 1.67. The van der Waals surface area contributed by atoms with Gasteiger partial charge in [-0.15, -0.1) is 0 Å². The van der Waals surface area contributed by atoms with Crippen LogP contribution in [0.4, 0.5) is 0 Å². The molecular weight excluding hydrogens is 360 g/mol. The maximum Gasteiger partial charge on any atom is 0.237 e. The smallest absolute Gasteiger partial charge is 0.237 e. The Labute approximate surface area is 165 Å². The predicted octanol–water partition coefficient (Wildman–Crippen LogP) is 0.0764. The van der Waals surface area contributed by atoms with Crippen molar-refractivity contribution in [1.82, 2.24) is 20.0 Å². The molecule has 2 heterocycles. The molecule has 8 heteroatoms. The van der Waals surface area contributed by atoms with E-state index in [9.17, 15) is 14.4 Å². The summed E-state index contributed by atoms with van der Waals surface area (Å²) in [7, 11) is 1.63. The average Bonchev–Trinajstić information content (AvgIpc) is 2.96. The van der Waals surface area contributed by atoms with Crippen molar-refractivity contribution in [2.75, 3.05) is 46.4 Å². The molecule has 1 aromatic carbocycles. The number of nitrogens with zero attached hydrogens (tertiary/aromatic N) is 3. The fourth-order valence-electron chi connectivity index (χ4n) is 3.81. The number of hydrogen-bond donors (Lipinski definition) is 1. The summed E-state index contributed by atoms with van der Waals surface area (Å²) in [5.74, 6) is 0.624. The van der Waals surface area contributed by atoms with E-state index in [0.29, 0.717) is 45.8 Å². The third-order valence-corrected chi connectivity index (χ3v) is 5.41. The van der Waals surface area contributed by atoms with Crippen LogP contribution in [0.5, 0.6) is 5.75 Å². The van der Waals surface area contributed by atoms with Gasteiger partial charge >= 0.3 is 0 Å². The van der Waals surface area contributed by atoms with Gasteiger partial charge in [0.25, 0.3) is 0 Å². The number of nitrogens with one attached hydrogen (secondary N) is 1. The molecule has 28 heavy (non-hydrogen) atoms. The number of rotatable bonds is 6. The third kappa shape index (κ3) is 4.81. The van der Waals surface area contributed by atoms with E-state index in [1.54, 1.807) is 16.9 Å². The van der Waals surface area contributed by atoms with E-state index < -0.39 is 6.04 Å². The first kappa shape index (κ1) is 20.1. The van der Waals surface area contributed by atoms with Crippen molar-refractivity contribution in [1.29, 1.82) is 0 Å². The van der Waals surface area contributed by atoms with E-state index >= 15 is 0 Å². The van der Waals surface area contributed by atoms with Crippen LogP contribution in [0, 0.1) is 0 Å². The molecule has 3 amide bonds. The summed E-state index contributed by atoms with van der Waals surface area (Å²) < 4.78 is 5.42. The highest BCUT2D eigenvalue weighted by Crippen LogP contribution is 2.22. The van der Waals surface area contributed by atoms with Gasteiger partial charge in [-0.25, -0.2) is 0 Å². The summed E-state index contributed by atoms with van der Waals surface area (Å²) in [6.07, 6.45) is 1.73. The predicted molar refractivity (Wildman–Crippen MR) is 104 cm³/mol. The SMILES string of the molecule is COc1ccccc1CN1CCNC(=O)C1CC(=O)N1CCCN(C=O)CC1. The Bertz CT molecular complexity index is 711. The molecular formula is C20H28N4O4. The lowest BCUT2D eigenvalue weighted by atomic mass is 10.1.